The quantitative estimate of drug-likeness (QED) is 0.901. The number of halogens is 1. The summed E-state index contributed by atoms with van der Waals surface area (Å²) in [5, 5.41) is 3.43. The number of hydrogen-bond acceptors (Lipinski definition) is 5. The SMILES string of the molecule is COc1nc(Cl)nc(NC2CCC(C)(C)C2)n1. The Bertz CT molecular complexity index is 410. The Morgan fingerprint density at radius 3 is 2.71 bits per heavy atom. The van der Waals surface area contributed by atoms with Crippen molar-refractivity contribution >= 4 is 17.5 Å². The first kappa shape index (κ1) is 12.4. The van der Waals surface area contributed by atoms with Crippen LogP contribution in [0.5, 0.6) is 6.01 Å². The number of aromatic nitrogens is 3. The summed E-state index contributed by atoms with van der Waals surface area (Å²) in [5.74, 6) is 0.490. The number of anilines is 1. The molecule has 1 aliphatic carbocycles. The van der Waals surface area contributed by atoms with Gasteiger partial charge in [-0.3, -0.25) is 0 Å². The fraction of sp³-hybridized carbons (Fsp3) is 0.727. The molecule has 0 bridgehead atoms. The van der Waals surface area contributed by atoms with E-state index in [-0.39, 0.29) is 11.3 Å². The van der Waals surface area contributed by atoms with Gasteiger partial charge in [-0.1, -0.05) is 13.8 Å². The third kappa shape index (κ3) is 3.19. The number of nitrogens with one attached hydrogen (secondary N) is 1. The van der Waals surface area contributed by atoms with Crippen molar-refractivity contribution < 1.29 is 4.74 Å². The largest absolute Gasteiger partial charge is 0.467 e. The lowest BCUT2D eigenvalue weighted by Crippen LogP contribution is -2.19. The third-order valence-electron chi connectivity index (χ3n) is 3.07. The number of hydrogen-bond donors (Lipinski definition) is 1. The van der Waals surface area contributed by atoms with Crippen molar-refractivity contribution in [3.63, 3.8) is 0 Å². The molecule has 17 heavy (non-hydrogen) atoms. The van der Waals surface area contributed by atoms with Gasteiger partial charge in [0.05, 0.1) is 7.11 Å². The lowest BCUT2D eigenvalue weighted by molar-refractivity contribution is 0.375. The summed E-state index contributed by atoms with van der Waals surface area (Å²) in [6.07, 6.45) is 3.44. The normalized spacial score (nSPS) is 22.5. The highest BCUT2D eigenvalue weighted by Crippen LogP contribution is 2.38. The average molecular weight is 257 g/mol. The first-order chi connectivity index (χ1) is 7.98. The van der Waals surface area contributed by atoms with Gasteiger partial charge in [0.15, 0.2) is 0 Å². The van der Waals surface area contributed by atoms with E-state index in [0.29, 0.717) is 17.4 Å². The minimum absolute atomic E-state index is 0.150. The Morgan fingerprint density at radius 1 is 1.35 bits per heavy atom. The summed E-state index contributed by atoms with van der Waals surface area (Å²) in [4.78, 5) is 12.0. The molecular weight excluding hydrogens is 240 g/mol. The molecule has 2 rings (SSSR count). The topological polar surface area (TPSA) is 59.9 Å². The summed E-state index contributed by atoms with van der Waals surface area (Å²) in [7, 11) is 1.51. The van der Waals surface area contributed by atoms with E-state index in [9.17, 15) is 0 Å². The molecular formula is C11H17ClN4O. The van der Waals surface area contributed by atoms with E-state index < -0.39 is 0 Å². The van der Waals surface area contributed by atoms with Crippen molar-refractivity contribution in [1.82, 2.24) is 15.0 Å². The Hall–Kier alpha value is -1.10. The van der Waals surface area contributed by atoms with Crippen molar-refractivity contribution in [2.24, 2.45) is 5.41 Å². The first-order valence-corrected chi connectivity index (χ1v) is 6.08. The minimum atomic E-state index is 0.150. The van der Waals surface area contributed by atoms with Crippen molar-refractivity contribution in [3.05, 3.63) is 5.28 Å². The van der Waals surface area contributed by atoms with E-state index in [1.807, 2.05) is 0 Å². The predicted octanol–water partition coefficient (Wildman–Crippen LogP) is 2.52. The zero-order valence-corrected chi connectivity index (χ0v) is 11.1. The fourth-order valence-electron chi connectivity index (χ4n) is 2.23. The molecule has 0 saturated heterocycles. The molecule has 1 saturated carbocycles. The second kappa shape index (κ2) is 4.64. The van der Waals surface area contributed by atoms with E-state index >= 15 is 0 Å². The molecule has 1 heterocycles. The molecule has 1 aliphatic rings. The highest BCUT2D eigenvalue weighted by atomic mass is 35.5. The van der Waals surface area contributed by atoms with Crippen LogP contribution in [0.4, 0.5) is 5.95 Å². The van der Waals surface area contributed by atoms with Gasteiger partial charge in [0.25, 0.3) is 0 Å². The summed E-state index contributed by atoms with van der Waals surface area (Å²) in [6.45, 7) is 4.55. The van der Waals surface area contributed by atoms with Crippen LogP contribution in [0.25, 0.3) is 0 Å². The van der Waals surface area contributed by atoms with Crippen LogP contribution in [0.1, 0.15) is 33.1 Å². The Morgan fingerprint density at radius 2 is 2.12 bits per heavy atom. The van der Waals surface area contributed by atoms with E-state index in [1.54, 1.807) is 0 Å². The summed E-state index contributed by atoms with van der Waals surface area (Å²) in [6, 6.07) is 0.637. The summed E-state index contributed by atoms with van der Waals surface area (Å²) < 4.78 is 4.95. The molecule has 6 heteroatoms. The maximum Gasteiger partial charge on any atom is 0.322 e. The highest BCUT2D eigenvalue weighted by molar-refractivity contribution is 6.28. The lowest BCUT2D eigenvalue weighted by atomic mass is 9.92. The molecule has 0 amide bonds. The Kier molecular flexibility index (Phi) is 3.38. The standard InChI is InChI=1S/C11H17ClN4O/c1-11(2)5-4-7(6-11)13-9-14-8(12)15-10(16-9)17-3/h7H,4-6H2,1-3H3,(H,13,14,15,16). The van der Waals surface area contributed by atoms with E-state index in [2.05, 4.69) is 34.1 Å². The maximum absolute atomic E-state index is 5.79. The second-order valence-corrected chi connectivity index (χ2v) is 5.50. The van der Waals surface area contributed by atoms with E-state index in [0.717, 1.165) is 12.8 Å². The third-order valence-corrected chi connectivity index (χ3v) is 3.24. The van der Waals surface area contributed by atoms with Gasteiger partial charge < -0.3 is 10.1 Å². The van der Waals surface area contributed by atoms with Gasteiger partial charge in [0, 0.05) is 6.04 Å². The van der Waals surface area contributed by atoms with Crippen LogP contribution in [-0.2, 0) is 0 Å². The smallest absolute Gasteiger partial charge is 0.322 e. The first-order valence-electron chi connectivity index (χ1n) is 5.71. The molecule has 0 spiro atoms. The van der Waals surface area contributed by atoms with Crippen molar-refractivity contribution in [2.45, 2.75) is 39.2 Å². The van der Waals surface area contributed by atoms with Gasteiger partial charge in [0.2, 0.25) is 11.2 Å². The number of ether oxygens (including phenoxy) is 1. The Balaban J connectivity index is 2.06. The molecule has 0 aromatic carbocycles. The molecule has 0 aliphatic heterocycles. The zero-order chi connectivity index (χ0) is 12.5. The lowest BCUT2D eigenvalue weighted by Gasteiger charge is -2.17. The minimum Gasteiger partial charge on any atom is -0.467 e. The highest BCUT2D eigenvalue weighted by Gasteiger charge is 2.31. The predicted molar refractivity (Wildman–Crippen MR) is 66.4 cm³/mol. The summed E-state index contributed by atoms with van der Waals surface area (Å²) in [5.41, 5.74) is 0.387. The number of rotatable bonds is 3. The van der Waals surface area contributed by atoms with Gasteiger partial charge >= 0.3 is 6.01 Å². The molecule has 1 fully saturated rings. The molecule has 1 N–H and O–H groups in total. The van der Waals surface area contributed by atoms with E-state index in [4.69, 9.17) is 16.3 Å². The van der Waals surface area contributed by atoms with Crippen molar-refractivity contribution in [2.75, 3.05) is 12.4 Å². The van der Waals surface area contributed by atoms with E-state index in [1.165, 1.54) is 13.5 Å². The van der Waals surface area contributed by atoms with Crippen LogP contribution >= 0.6 is 11.6 Å². The molecule has 0 radical (unpaired) electrons. The van der Waals surface area contributed by atoms with Crippen LogP contribution in [-0.4, -0.2) is 28.1 Å². The van der Waals surface area contributed by atoms with Crippen LogP contribution in [0.2, 0.25) is 5.28 Å². The van der Waals surface area contributed by atoms with Gasteiger partial charge in [-0.15, -0.1) is 0 Å². The van der Waals surface area contributed by atoms with Crippen LogP contribution in [0.3, 0.4) is 0 Å². The Labute approximate surface area is 106 Å². The summed E-state index contributed by atoms with van der Waals surface area (Å²) >= 11 is 5.79. The molecule has 1 aromatic heterocycles. The molecule has 1 aromatic rings. The monoisotopic (exact) mass is 256 g/mol. The van der Waals surface area contributed by atoms with Crippen LogP contribution in [0, 0.1) is 5.41 Å². The van der Waals surface area contributed by atoms with Crippen LogP contribution < -0.4 is 10.1 Å². The van der Waals surface area contributed by atoms with Crippen molar-refractivity contribution in [3.8, 4) is 6.01 Å². The second-order valence-electron chi connectivity index (χ2n) is 5.16. The van der Waals surface area contributed by atoms with Crippen LogP contribution in [0.15, 0.2) is 0 Å². The fourth-order valence-corrected chi connectivity index (χ4v) is 2.38. The number of methoxy groups -OCH3 is 1. The van der Waals surface area contributed by atoms with Crippen molar-refractivity contribution in [1.29, 1.82) is 0 Å². The maximum atomic E-state index is 5.79. The number of nitrogens with zero attached hydrogens (tertiary/aromatic N) is 3. The van der Waals surface area contributed by atoms with Gasteiger partial charge in [0.1, 0.15) is 0 Å². The van der Waals surface area contributed by atoms with Gasteiger partial charge in [-0.05, 0) is 36.3 Å². The molecule has 94 valence electrons. The molecule has 1 atom stereocenters. The van der Waals surface area contributed by atoms with Gasteiger partial charge in [-0.25, -0.2) is 0 Å². The zero-order valence-electron chi connectivity index (χ0n) is 10.3. The van der Waals surface area contributed by atoms with Gasteiger partial charge in [-0.2, -0.15) is 15.0 Å². The molecule has 1 unspecified atom stereocenters. The average Bonchev–Trinajstić information content (AvgIpc) is 2.57. The molecule has 5 nitrogen and oxygen atoms in total.